The van der Waals surface area contributed by atoms with Crippen molar-refractivity contribution in [3.8, 4) is 0 Å². The van der Waals surface area contributed by atoms with Crippen molar-refractivity contribution < 1.29 is 72.1 Å². The van der Waals surface area contributed by atoms with Gasteiger partial charge in [0.1, 0.15) is 0 Å². The fourth-order valence-corrected chi connectivity index (χ4v) is 0. The molecule has 0 rings (SSSR count). The second-order valence-electron chi connectivity index (χ2n) is 0. The normalized spacial score (nSPS) is 0. The van der Waals surface area contributed by atoms with Gasteiger partial charge in [0.25, 0.3) is 0 Å². The number of hydrogen-bond donors (Lipinski definition) is 0. The standard InChI is InChI=1S/2Bi.2Nb.5O/q;;2*+5;5*-2. The van der Waals surface area contributed by atoms with Gasteiger partial charge in [0, 0.05) is 52.4 Å². The summed E-state index contributed by atoms with van der Waals surface area (Å²) in [7, 11) is 0. The Kier molecular flexibility index (Phi) is 2110. The number of rotatable bonds is 0. The van der Waals surface area contributed by atoms with Gasteiger partial charge in [-0.05, 0) is 0 Å². The molecule has 0 atom stereocenters. The molecule has 0 aliphatic heterocycles. The van der Waals surface area contributed by atoms with Crippen LogP contribution in [0.1, 0.15) is 0 Å². The van der Waals surface area contributed by atoms with Crippen LogP contribution in [0, 0.1) is 0 Å². The Morgan fingerprint density at radius 1 is 0.333 bits per heavy atom. The monoisotopic (exact) mass is 684 g/mol. The Labute approximate surface area is 123 Å². The molecule has 0 aliphatic carbocycles. The summed E-state index contributed by atoms with van der Waals surface area (Å²) in [5, 5.41) is 0. The Morgan fingerprint density at radius 2 is 0.333 bits per heavy atom. The van der Waals surface area contributed by atoms with E-state index in [1.807, 2.05) is 0 Å². The van der Waals surface area contributed by atoms with Crippen molar-refractivity contribution in [2.75, 3.05) is 0 Å². The average Bonchev–Trinajstić information content (AvgIpc) is 0. The molecule has 0 saturated carbocycles. The van der Waals surface area contributed by atoms with E-state index in [9.17, 15) is 0 Å². The van der Waals surface area contributed by atoms with Gasteiger partial charge < -0.3 is 27.4 Å². The molecule has 0 N–H and O–H groups in total. The SMILES string of the molecule is [Bi].[Bi].[Nb+5].[Nb+5].[O-2].[O-2].[O-2].[O-2].[O-2]. The minimum Gasteiger partial charge on any atom is -2.00 e. The van der Waals surface area contributed by atoms with Crippen molar-refractivity contribution in [2.24, 2.45) is 0 Å². The summed E-state index contributed by atoms with van der Waals surface area (Å²) < 4.78 is 0. The van der Waals surface area contributed by atoms with E-state index >= 15 is 0 Å². The van der Waals surface area contributed by atoms with Gasteiger partial charge in [-0.2, -0.15) is 0 Å². The first-order valence-electron chi connectivity index (χ1n) is 0. The van der Waals surface area contributed by atoms with Crippen LogP contribution < -0.4 is 0 Å². The van der Waals surface area contributed by atoms with Crippen LogP contribution >= 0.6 is 0 Å². The molecule has 6 radical (unpaired) electrons. The molecule has 9 heteroatoms. The van der Waals surface area contributed by atoms with Crippen molar-refractivity contribution in [2.45, 2.75) is 0 Å². The minimum absolute atomic E-state index is 0. The minimum atomic E-state index is 0. The summed E-state index contributed by atoms with van der Waals surface area (Å²) in [6.07, 6.45) is 0. The summed E-state index contributed by atoms with van der Waals surface area (Å²) in [4.78, 5) is 0. The summed E-state index contributed by atoms with van der Waals surface area (Å²) in [6, 6.07) is 0. The first-order chi connectivity index (χ1) is 0. The Balaban J connectivity index is 0. The van der Waals surface area contributed by atoms with Crippen LogP contribution in [-0.2, 0) is 72.1 Å². The fraction of sp³-hybridized carbons (Fsp3) is 0. The predicted octanol–water partition coefficient (Wildman–Crippen LogP) is -1.36. The molecule has 0 amide bonds. The van der Waals surface area contributed by atoms with Crippen molar-refractivity contribution in [1.82, 2.24) is 0 Å². The van der Waals surface area contributed by atoms with Gasteiger partial charge in [-0.3, -0.25) is 0 Å². The van der Waals surface area contributed by atoms with Crippen molar-refractivity contribution >= 4 is 52.4 Å². The number of hydrogen-bond acceptors (Lipinski definition) is 0. The molecule has 5 nitrogen and oxygen atoms in total. The van der Waals surface area contributed by atoms with E-state index in [2.05, 4.69) is 0 Å². The third-order valence-corrected chi connectivity index (χ3v) is 0. The zero-order valence-corrected chi connectivity index (χ0v) is 15.2. The Bertz CT molecular complexity index is 12.9. The maximum absolute atomic E-state index is 0. The van der Waals surface area contributed by atoms with Gasteiger partial charge in [0.2, 0.25) is 0 Å². The molecule has 0 bridgehead atoms. The van der Waals surface area contributed by atoms with Crippen LogP contribution in [0.3, 0.4) is 0 Å². The van der Waals surface area contributed by atoms with Gasteiger partial charge in [-0.1, -0.05) is 0 Å². The van der Waals surface area contributed by atoms with E-state index in [4.69, 9.17) is 0 Å². The summed E-state index contributed by atoms with van der Waals surface area (Å²) in [5.74, 6) is 0. The largest absolute Gasteiger partial charge is 5.00 e. The quantitative estimate of drug-likeness (QED) is 0.279. The zero-order valence-electron chi connectivity index (χ0n) is 3.83. The molecule has 50 valence electrons. The van der Waals surface area contributed by atoms with Gasteiger partial charge in [-0.25, -0.2) is 0 Å². The van der Waals surface area contributed by atoms with E-state index < -0.39 is 0 Å². The van der Waals surface area contributed by atoms with E-state index in [1.165, 1.54) is 0 Å². The third kappa shape index (κ3) is 97.4. The van der Waals surface area contributed by atoms with Crippen LogP contribution in [0.15, 0.2) is 0 Å². The molecule has 0 aromatic heterocycles. The van der Waals surface area contributed by atoms with Gasteiger partial charge in [0.15, 0.2) is 0 Å². The molecule has 0 fully saturated rings. The van der Waals surface area contributed by atoms with E-state index in [-0.39, 0.29) is 125 Å². The van der Waals surface area contributed by atoms with Crippen molar-refractivity contribution in [3.63, 3.8) is 0 Å². The van der Waals surface area contributed by atoms with Crippen molar-refractivity contribution in [1.29, 1.82) is 0 Å². The second-order valence-corrected chi connectivity index (χ2v) is 0. The molecule has 0 aliphatic rings. The molecular weight excluding hydrogens is 684 g/mol. The topological polar surface area (TPSA) is 142 Å². The van der Waals surface area contributed by atoms with Crippen LogP contribution in [0.2, 0.25) is 0 Å². The maximum Gasteiger partial charge on any atom is 5.00 e. The van der Waals surface area contributed by atoms with Crippen LogP contribution in [0.5, 0.6) is 0 Å². The molecule has 0 heterocycles. The predicted molar refractivity (Wildman–Crippen MR) is 14.9 cm³/mol. The van der Waals surface area contributed by atoms with Gasteiger partial charge in [0.05, 0.1) is 0 Å². The molecular formula is Bi2Nb2O5. The Hall–Kier alpha value is 3.05. The average molecular weight is 684 g/mol. The maximum atomic E-state index is 0. The van der Waals surface area contributed by atoms with Crippen LogP contribution in [0.25, 0.3) is 0 Å². The molecule has 0 aromatic rings. The van der Waals surface area contributed by atoms with Gasteiger partial charge in [-0.15, -0.1) is 0 Å². The molecule has 0 unspecified atom stereocenters. The summed E-state index contributed by atoms with van der Waals surface area (Å²) >= 11 is 0. The first-order valence-corrected chi connectivity index (χ1v) is 0. The molecule has 0 aromatic carbocycles. The molecule has 9 heavy (non-hydrogen) atoms. The molecule has 0 spiro atoms. The van der Waals surface area contributed by atoms with Crippen molar-refractivity contribution in [3.05, 3.63) is 0 Å². The van der Waals surface area contributed by atoms with Gasteiger partial charge >= 0.3 is 44.8 Å². The summed E-state index contributed by atoms with van der Waals surface area (Å²) in [5.41, 5.74) is 0. The Morgan fingerprint density at radius 3 is 0.333 bits per heavy atom. The first kappa shape index (κ1) is 158. The van der Waals surface area contributed by atoms with E-state index in [1.54, 1.807) is 0 Å². The fourth-order valence-electron chi connectivity index (χ4n) is 0. The zero-order chi connectivity index (χ0) is 0. The van der Waals surface area contributed by atoms with E-state index in [0.29, 0.717) is 0 Å². The van der Waals surface area contributed by atoms with Crippen LogP contribution in [0.4, 0.5) is 0 Å². The van der Waals surface area contributed by atoms with Crippen LogP contribution in [-0.4, -0.2) is 52.4 Å². The second kappa shape index (κ2) is 120. The summed E-state index contributed by atoms with van der Waals surface area (Å²) in [6.45, 7) is 0. The smallest absolute Gasteiger partial charge is 2.00 e. The molecule has 0 saturated heterocycles. The van der Waals surface area contributed by atoms with E-state index in [0.717, 1.165) is 0 Å². The third-order valence-electron chi connectivity index (χ3n) is 0.